The van der Waals surface area contributed by atoms with E-state index in [9.17, 15) is 23.1 Å². The number of hydrogen-bond donors (Lipinski definition) is 2. The molecule has 0 saturated heterocycles. The van der Waals surface area contributed by atoms with Gasteiger partial charge in [-0.05, 0) is 23.3 Å². The van der Waals surface area contributed by atoms with Crippen LogP contribution in [0.15, 0.2) is 12.1 Å². The second-order valence-corrected chi connectivity index (χ2v) is 3.58. The van der Waals surface area contributed by atoms with E-state index in [1.165, 1.54) is 12.1 Å². The highest BCUT2D eigenvalue weighted by molar-refractivity contribution is 5.78. The summed E-state index contributed by atoms with van der Waals surface area (Å²) in [7, 11) is 0. The Morgan fingerprint density at radius 1 is 1.29 bits per heavy atom. The molecule has 1 aliphatic heterocycles. The van der Waals surface area contributed by atoms with Crippen molar-refractivity contribution in [1.29, 1.82) is 0 Å². The highest BCUT2D eigenvalue weighted by Gasteiger charge is 2.41. The van der Waals surface area contributed by atoms with Crippen molar-refractivity contribution in [3.05, 3.63) is 23.3 Å². The fourth-order valence-corrected chi connectivity index (χ4v) is 1.55. The van der Waals surface area contributed by atoms with Gasteiger partial charge in [0.25, 0.3) is 0 Å². The van der Waals surface area contributed by atoms with E-state index in [0.29, 0.717) is 18.7 Å². The molecule has 0 aromatic heterocycles. The number of benzene rings is 1. The maximum absolute atomic E-state index is 12.0. The molecule has 0 amide bonds. The summed E-state index contributed by atoms with van der Waals surface area (Å²) in [5.41, 5.74) is 1.47. The number of halogens is 3. The second kappa shape index (κ2) is 3.92. The molecular weight excluding hydrogens is 239 g/mol. The van der Waals surface area contributed by atoms with Gasteiger partial charge in [-0.3, -0.25) is 0 Å². The Hall–Kier alpha value is -1.76. The van der Waals surface area contributed by atoms with Crippen LogP contribution >= 0.6 is 0 Å². The normalized spacial score (nSPS) is 14.5. The van der Waals surface area contributed by atoms with Crippen LogP contribution in [0.5, 0.6) is 11.5 Å². The zero-order valence-corrected chi connectivity index (χ0v) is 8.47. The fourth-order valence-electron chi connectivity index (χ4n) is 1.55. The molecule has 1 aromatic rings. The molecule has 0 unspecified atom stereocenters. The summed E-state index contributed by atoms with van der Waals surface area (Å²) >= 11 is 0. The average molecular weight is 247 g/mol. The first-order valence-electron chi connectivity index (χ1n) is 4.72. The number of carbonyl (C=O) groups excluding carboxylic acids is 1. The largest absolute Gasteiger partial charge is 0.504 e. The zero-order chi connectivity index (χ0) is 12.6. The molecule has 0 bridgehead atoms. The summed E-state index contributed by atoms with van der Waals surface area (Å²) in [5, 5.41) is 12.4. The molecule has 7 heteroatoms. The van der Waals surface area contributed by atoms with Gasteiger partial charge in [-0.15, -0.1) is 0 Å². The van der Waals surface area contributed by atoms with Gasteiger partial charge in [0.2, 0.25) is 0 Å². The molecule has 2 N–H and O–H groups in total. The van der Waals surface area contributed by atoms with Gasteiger partial charge < -0.3 is 15.2 Å². The third-order valence-electron chi connectivity index (χ3n) is 2.35. The van der Waals surface area contributed by atoms with Gasteiger partial charge in [-0.2, -0.15) is 13.2 Å². The van der Waals surface area contributed by atoms with Gasteiger partial charge in [0.1, 0.15) is 0 Å². The molecule has 2 rings (SSSR count). The van der Waals surface area contributed by atoms with Crippen molar-refractivity contribution in [2.45, 2.75) is 19.3 Å². The molecule has 17 heavy (non-hydrogen) atoms. The number of hydrogen-bond acceptors (Lipinski definition) is 4. The maximum atomic E-state index is 12.0. The van der Waals surface area contributed by atoms with E-state index in [0.717, 1.165) is 5.56 Å². The Labute approximate surface area is 94.0 Å². The lowest BCUT2D eigenvalue weighted by Crippen LogP contribution is -2.28. The molecule has 0 spiro atoms. The van der Waals surface area contributed by atoms with Crippen LogP contribution in [0, 0.1) is 0 Å². The number of nitrogens with one attached hydrogen (secondary N) is 1. The molecule has 1 heterocycles. The van der Waals surface area contributed by atoms with E-state index < -0.39 is 23.6 Å². The Morgan fingerprint density at radius 3 is 2.47 bits per heavy atom. The number of phenols is 1. The van der Waals surface area contributed by atoms with Gasteiger partial charge in [0.05, 0.1) is 0 Å². The van der Waals surface area contributed by atoms with Crippen molar-refractivity contribution in [1.82, 2.24) is 5.32 Å². The third-order valence-corrected chi connectivity index (χ3v) is 2.35. The highest BCUT2D eigenvalue weighted by atomic mass is 19.4. The highest BCUT2D eigenvalue weighted by Crippen LogP contribution is 2.33. The van der Waals surface area contributed by atoms with E-state index in [4.69, 9.17) is 0 Å². The minimum absolute atomic E-state index is 0.464. The number of rotatable bonds is 1. The molecule has 0 fully saturated rings. The molecule has 0 aliphatic carbocycles. The Bertz CT molecular complexity index is 471. The minimum Gasteiger partial charge on any atom is -0.504 e. The molecule has 92 valence electrons. The SMILES string of the molecule is O=C(Oc1cc2c(cc1O)CNC2)C(F)(F)F. The number of ether oxygens (including phenoxy) is 1. The summed E-state index contributed by atoms with van der Waals surface area (Å²) < 4.78 is 40.0. The summed E-state index contributed by atoms with van der Waals surface area (Å²) in [5.74, 6) is -3.31. The zero-order valence-electron chi connectivity index (χ0n) is 8.47. The molecule has 4 nitrogen and oxygen atoms in total. The number of fused-ring (bicyclic) bond motifs is 1. The van der Waals surface area contributed by atoms with Crippen LogP contribution in [-0.2, 0) is 17.9 Å². The van der Waals surface area contributed by atoms with Gasteiger partial charge in [0, 0.05) is 13.1 Å². The van der Waals surface area contributed by atoms with E-state index in [-0.39, 0.29) is 0 Å². The smallest absolute Gasteiger partial charge is 0.491 e. The van der Waals surface area contributed by atoms with Crippen molar-refractivity contribution in [2.24, 2.45) is 0 Å². The first-order chi connectivity index (χ1) is 7.88. The van der Waals surface area contributed by atoms with Gasteiger partial charge in [-0.25, -0.2) is 4.79 Å². The lowest BCUT2D eigenvalue weighted by atomic mass is 10.1. The van der Waals surface area contributed by atoms with Crippen LogP contribution in [0.1, 0.15) is 11.1 Å². The molecule has 1 aliphatic rings. The van der Waals surface area contributed by atoms with Gasteiger partial charge >= 0.3 is 12.1 Å². The van der Waals surface area contributed by atoms with Crippen LogP contribution in [0.25, 0.3) is 0 Å². The quantitative estimate of drug-likeness (QED) is 0.582. The van der Waals surface area contributed by atoms with E-state index in [2.05, 4.69) is 10.1 Å². The topological polar surface area (TPSA) is 58.6 Å². The van der Waals surface area contributed by atoms with Crippen molar-refractivity contribution in [3.8, 4) is 11.5 Å². The number of aromatic hydroxyl groups is 1. The van der Waals surface area contributed by atoms with Gasteiger partial charge in [0.15, 0.2) is 11.5 Å². The summed E-state index contributed by atoms with van der Waals surface area (Å²) in [6.45, 7) is 0.989. The fraction of sp³-hybridized carbons (Fsp3) is 0.300. The predicted molar refractivity (Wildman–Crippen MR) is 50.3 cm³/mol. The van der Waals surface area contributed by atoms with E-state index >= 15 is 0 Å². The van der Waals surface area contributed by atoms with Gasteiger partial charge in [-0.1, -0.05) is 0 Å². The Balaban J connectivity index is 2.25. The predicted octanol–water partition coefficient (Wildman–Crippen LogP) is 1.46. The molecule has 1 aromatic carbocycles. The number of esters is 1. The molecular formula is C10H8F3NO3. The monoisotopic (exact) mass is 247 g/mol. The minimum atomic E-state index is -5.08. The van der Waals surface area contributed by atoms with Crippen LogP contribution in [0.2, 0.25) is 0 Å². The van der Waals surface area contributed by atoms with Crippen molar-refractivity contribution >= 4 is 5.97 Å². The summed E-state index contributed by atoms with van der Waals surface area (Å²) in [4.78, 5) is 10.6. The van der Waals surface area contributed by atoms with Crippen molar-refractivity contribution < 1.29 is 27.8 Å². The van der Waals surface area contributed by atoms with E-state index in [1.807, 2.05) is 0 Å². The number of phenolic OH excluding ortho intramolecular Hbond substituents is 1. The molecule has 0 radical (unpaired) electrons. The third kappa shape index (κ3) is 2.33. The maximum Gasteiger partial charge on any atom is 0.491 e. The first-order valence-corrected chi connectivity index (χ1v) is 4.72. The number of alkyl halides is 3. The lowest BCUT2D eigenvalue weighted by Gasteiger charge is -2.09. The van der Waals surface area contributed by atoms with Crippen LogP contribution < -0.4 is 10.1 Å². The van der Waals surface area contributed by atoms with Crippen molar-refractivity contribution in [2.75, 3.05) is 0 Å². The van der Waals surface area contributed by atoms with Crippen LogP contribution in [0.4, 0.5) is 13.2 Å². The Kier molecular flexibility index (Phi) is 2.70. The molecule has 0 saturated carbocycles. The molecule has 0 atom stereocenters. The summed E-state index contributed by atoms with van der Waals surface area (Å²) in [6.07, 6.45) is -5.08. The standard InChI is InChI=1S/C10H8F3NO3/c11-10(12,13)9(16)17-8-2-6-4-14-3-5(6)1-7(8)15/h1-2,14-15H,3-4H2. The number of carbonyl (C=O) groups is 1. The first kappa shape index (κ1) is 11.7. The van der Waals surface area contributed by atoms with Crippen molar-refractivity contribution in [3.63, 3.8) is 0 Å². The van der Waals surface area contributed by atoms with E-state index in [1.54, 1.807) is 0 Å². The second-order valence-electron chi connectivity index (χ2n) is 3.58. The average Bonchev–Trinajstić information content (AvgIpc) is 2.63. The summed E-state index contributed by atoms with van der Waals surface area (Å²) in [6, 6.07) is 2.52. The Morgan fingerprint density at radius 2 is 1.88 bits per heavy atom. The van der Waals surface area contributed by atoms with Crippen LogP contribution in [0.3, 0.4) is 0 Å². The van der Waals surface area contributed by atoms with Crippen LogP contribution in [-0.4, -0.2) is 17.3 Å². The lowest BCUT2D eigenvalue weighted by molar-refractivity contribution is -0.189.